The Hall–Kier alpha value is -4.61. The first kappa shape index (κ1) is 33.3. The molecule has 0 unspecified atom stereocenters. The molecule has 0 aliphatic carbocycles. The van der Waals surface area contributed by atoms with Crippen molar-refractivity contribution < 1.29 is 31.9 Å². The summed E-state index contributed by atoms with van der Waals surface area (Å²) in [6, 6.07) is 23.8. The minimum Gasteiger partial charge on any atom is -0.493 e. The molecule has 4 rings (SSSR count). The lowest BCUT2D eigenvalue weighted by Gasteiger charge is -2.33. The number of sulfonamides is 1. The van der Waals surface area contributed by atoms with Crippen molar-refractivity contribution in [2.45, 2.75) is 23.9 Å². The smallest absolute Gasteiger partial charge is 0.264 e. The number of carbonyl (C=O) groups is 2. The molecule has 2 amide bonds. The second-order valence-electron chi connectivity index (χ2n) is 9.94. The summed E-state index contributed by atoms with van der Waals surface area (Å²) in [5.74, 6) is -1.26. The molecule has 0 aromatic heterocycles. The van der Waals surface area contributed by atoms with Gasteiger partial charge in [0, 0.05) is 31.1 Å². The second kappa shape index (κ2) is 14.9. The number of rotatable bonds is 13. The van der Waals surface area contributed by atoms with Gasteiger partial charge in [-0.1, -0.05) is 60.1 Å². The third kappa shape index (κ3) is 7.92. The summed E-state index contributed by atoms with van der Waals surface area (Å²) in [4.78, 5) is 28.8. The topological polar surface area (TPSA) is 105 Å². The molecule has 0 aliphatic heterocycles. The van der Waals surface area contributed by atoms with Crippen LogP contribution in [-0.4, -0.2) is 59.0 Å². The van der Waals surface area contributed by atoms with Gasteiger partial charge in [-0.25, -0.2) is 12.8 Å². The molecule has 0 radical (unpaired) electrons. The third-order valence-corrected chi connectivity index (χ3v) is 9.29. The van der Waals surface area contributed by atoms with Crippen molar-refractivity contribution >= 4 is 39.1 Å². The minimum absolute atomic E-state index is 0.0387. The number of hydrogen-bond acceptors (Lipinski definition) is 6. The number of methoxy groups -OCH3 is 2. The number of hydrogen-bond donors (Lipinski definition) is 1. The van der Waals surface area contributed by atoms with Crippen molar-refractivity contribution in [3.63, 3.8) is 0 Å². The van der Waals surface area contributed by atoms with Crippen LogP contribution in [0.1, 0.15) is 11.1 Å². The molecule has 1 atom stereocenters. The SMILES string of the molecule is CNC(=O)[C@H](Cc1ccccc1)N(Cc1ccccc1Cl)C(=O)CN(c1ccc(F)cc1)S(=O)(=O)c1ccc(OC)c(OC)c1. The van der Waals surface area contributed by atoms with E-state index < -0.39 is 40.2 Å². The second-order valence-corrected chi connectivity index (χ2v) is 12.2. The van der Waals surface area contributed by atoms with Crippen LogP contribution in [0.4, 0.5) is 10.1 Å². The van der Waals surface area contributed by atoms with Gasteiger partial charge in [0.15, 0.2) is 11.5 Å². The zero-order valence-electron chi connectivity index (χ0n) is 24.9. The Morgan fingerprint density at radius 2 is 1.53 bits per heavy atom. The standard InChI is InChI=1S/C33H33ClFN3O6S/c1-36-33(40)29(19-23-9-5-4-6-10-23)37(21-24-11-7-8-12-28(24)34)32(39)22-38(26-15-13-25(35)14-16-26)45(41,42)27-17-18-30(43-2)31(20-27)44-3/h4-18,20,29H,19,21-22H2,1-3H3,(H,36,40)/t29-/m0/s1. The average molecular weight is 654 g/mol. The maximum absolute atomic E-state index is 14.3. The Morgan fingerprint density at radius 3 is 2.16 bits per heavy atom. The molecular weight excluding hydrogens is 621 g/mol. The summed E-state index contributed by atoms with van der Waals surface area (Å²) in [5, 5.41) is 3.00. The summed E-state index contributed by atoms with van der Waals surface area (Å²) in [6.45, 7) is -0.799. The van der Waals surface area contributed by atoms with Gasteiger partial charge >= 0.3 is 0 Å². The first-order chi connectivity index (χ1) is 21.6. The molecule has 0 bridgehead atoms. The monoisotopic (exact) mass is 653 g/mol. The fourth-order valence-corrected chi connectivity index (χ4v) is 6.40. The van der Waals surface area contributed by atoms with Crippen molar-refractivity contribution in [3.05, 3.63) is 119 Å². The third-order valence-electron chi connectivity index (χ3n) is 7.15. The molecule has 9 nitrogen and oxygen atoms in total. The maximum Gasteiger partial charge on any atom is 0.264 e. The number of anilines is 1. The zero-order chi connectivity index (χ0) is 32.6. The van der Waals surface area contributed by atoms with Gasteiger partial charge < -0.3 is 19.7 Å². The lowest BCUT2D eigenvalue weighted by Crippen LogP contribution is -2.53. The molecule has 4 aromatic carbocycles. The minimum atomic E-state index is -4.44. The lowest BCUT2D eigenvalue weighted by molar-refractivity contribution is -0.139. The van der Waals surface area contributed by atoms with E-state index >= 15 is 0 Å². The van der Waals surface area contributed by atoms with Crippen LogP contribution >= 0.6 is 11.6 Å². The summed E-state index contributed by atoms with van der Waals surface area (Å²) in [5.41, 5.74) is 1.39. The number of nitrogens with one attached hydrogen (secondary N) is 1. The van der Waals surface area contributed by atoms with Crippen LogP contribution < -0.4 is 19.1 Å². The van der Waals surface area contributed by atoms with Crippen LogP contribution in [0, 0.1) is 5.82 Å². The van der Waals surface area contributed by atoms with Gasteiger partial charge in [-0.3, -0.25) is 13.9 Å². The van der Waals surface area contributed by atoms with Crippen LogP contribution in [0.15, 0.2) is 102 Å². The van der Waals surface area contributed by atoms with Gasteiger partial charge in [0.1, 0.15) is 18.4 Å². The van der Waals surface area contributed by atoms with Gasteiger partial charge in [-0.15, -0.1) is 0 Å². The predicted molar refractivity (Wildman–Crippen MR) is 170 cm³/mol. The highest BCUT2D eigenvalue weighted by Crippen LogP contribution is 2.32. The summed E-state index contributed by atoms with van der Waals surface area (Å²) in [7, 11) is -0.193. The number of halogens is 2. The van der Waals surface area contributed by atoms with Crippen molar-refractivity contribution in [2.75, 3.05) is 32.1 Å². The molecule has 0 heterocycles. The van der Waals surface area contributed by atoms with Gasteiger partial charge in [0.05, 0.1) is 24.8 Å². The van der Waals surface area contributed by atoms with Crippen LogP contribution in [0.25, 0.3) is 0 Å². The first-order valence-electron chi connectivity index (χ1n) is 13.9. The largest absolute Gasteiger partial charge is 0.493 e. The summed E-state index contributed by atoms with van der Waals surface area (Å²) < 4.78 is 53.7. The van der Waals surface area contributed by atoms with E-state index in [2.05, 4.69) is 5.32 Å². The number of carbonyl (C=O) groups excluding carboxylic acids is 2. The predicted octanol–water partition coefficient (Wildman–Crippen LogP) is 5.08. The number of nitrogens with zero attached hydrogens (tertiary/aromatic N) is 2. The molecule has 0 fully saturated rings. The molecule has 0 saturated heterocycles. The summed E-state index contributed by atoms with van der Waals surface area (Å²) >= 11 is 6.47. The van der Waals surface area contributed by atoms with E-state index in [-0.39, 0.29) is 29.3 Å². The van der Waals surface area contributed by atoms with Crippen LogP contribution in [0.2, 0.25) is 5.02 Å². The number of likely N-dealkylation sites (N-methyl/N-ethyl adjacent to an activating group) is 1. The van der Waals surface area contributed by atoms with E-state index in [4.69, 9.17) is 21.1 Å². The Bertz CT molecular complexity index is 1740. The van der Waals surface area contributed by atoms with E-state index in [0.717, 1.165) is 22.0 Å². The Morgan fingerprint density at radius 1 is 0.889 bits per heavy atom. The number of amides is 2. The lowest BCUT2D eigenvalue weighted by atomic mass is 10.0. The van der Waals surface area contributed by atoms with Crippen molar-refractivity contribution in [1.29, 1.82) is 0 Å². The number of benzene rings is 4. The van der Waals surface area contributed by atoms with Gasteiger partial charge in [0.2, 0.25) is 11.8 Å². The van der Waals surface area contributed by atoms with Gasteiger partial charge in [0.25, 0.3) is 10.0 Å². The quantitative estimate of drug-likeness (QED) is 0.216. The Kier molecular flexibility index (Phi) is 11.0. The number of ether oxygens (including phenoxy) is 2. The Balaban J connectivity index is 1.81. The van der Waals surface area contributed by atoms with E-state index in [1.54, 1.807) is 24.3 Å². The highest BCUT2D eigenvalue weighted by Gasteiger charge is 2.35. The van der Waals surface area contributed by atoms with E-state index in [1.807, 2.05) is 30.3 Å². The van der Waals surface area contributed by atoms with Crippen LogP contribution in [0.3, 0.4) is 0 Å². The van der Waals surface area contributed by atoms with Crippen LogP contribution in [-0.2, 0) is 32.6 Å². The Labute approximate surface area is 267 Å². The van der Waals surface area contributed by atoms with E-state index in [1.165, 1.54) is 56.5 Å². The fourth-order valence-electron chi connectivity index (χ4n) is 4.77. The van der Waals surface area contributed by atoms with Crippen molar-refractivity contribution in [3.8, 4) is 11.5 Å². The zero-order valence-corrected chi connectivity index (χ0v) is 26.5. The normalized spacial score (nSPS) is 11.8. The first-order valence-corrected chi connectivity index (χ1v) is 15.7. The molecule has 0 aliphatic rings. The molecular formula is C33H33ClFN3O6S. The van der Waals surface area contributed by atoms with Crippen molar-refractivity contribution in [1.82, 2.24) is 10.2 Å². The molecule has 236 valence electrons. The molecule has 4 aromatic rings. The summed E-state index contributed by atoms with van der Waals surface area (Å²) in [6.07, 6.45) is 0.148. The molecule has 0 saturated carbocycles. The highest BCUT2D eigenvalue weighted by molar-refractivity contribution is 7.92. The molecule has 0 spiro atoms. The molecule has 12 heteroatoms. The van der Waals surface area contributed by atoms with Crippen molar-refractivity contribution in [2.24, 2.45) is 0 Å². The molecule has 45 heavy (non-hydrogen) atoms. The highest BCUT2D eigenvalue weighted by atomic mass is 35.5. The van der Waals surface area contributed by atoms with Gasteiger partial charge in [-0.05, 0) is 53.6 Å². The fraction of sp³-hybridized carbons (Fsp3) is 0.212. The van der Waals surface area contributed by atoms with Crippen LogP contribution in [0.5, 0.6) is 11.5 Å². The maximum atomic E-state index is 14.3. The van der Waals surface area contributed by atoms with E-state index in [0.29, 0.717) is 16.3 Å². The molecule has 1 N–H and O–H groups in total. The average Bonchev–Trinajstić information content (AvgIpc) is 3.06. The van der Waals surface area contributed by atoms with Gasteiger partial charge in [-0.2, -0.15) is 0 Å². The van der Waals surface area contributed by atoms with E-state index in [9.17, 15) is 22.4 Å².